The van der Waals surface area contributed by atoms with E-state index in [1.54, 1.807) is 36.4 Å². The summed E-state index contributed by atoms with van der Waals surface area (Å²) in [5, 5.41) is 4.67. The van der Waals surface area contributed by atoms with Crippen molar-refractivity contribution in [2.75, 3.05) is 6.61 Å². The fourth-order valence-corrected chi connectivity index (χ4v) is 4.89. The van der Waals surface area contributed by atoms with E-state index in [0.29, 0.717) is 32.8 Å². The summed E-state index contributed by atoms with van der Waals surface area (Å²) < 4.78 is 5.76. The normalized spacial score (nSPS) is 15.0. The number of aryl methyl sites for hydroxylation is 1. The van der Waals surface area contributed by atoms with E-state index in [0.717, 1.165) is 31.2 Å². The SMILES string of the molecule is CC[C@@H](C(=O)NC1CCCCC1)N(Cc1c(Cl)cccc1Cl)C(=O)COc1ccc(Cl)c(C)c1. The van der Waals surface area contributed by atoms with Gasteiger partial charge >= 0.3 is 0 Å². The van der Waals surface area contributed by atoms with E-state index in [4.69, 9.17) is 39.5 Å². The van der Waals surface area contributed by atoms with Crippen molar-refractivity contribution >= 4 is 46.6 Å². The van der Waals surface area contributed by atoms with E-state index in [1.807, 2.05) is 13.8 Å². The molecular formula is C26H31Cl3N2O3. The van der Waals surface area contributed by atoms with Gasteiger partial charge in [0.15, 0.2) is 6.61 Å². The first-order valence-electron chi connectivity index (χ1n) is 11.7. The Morgan fingerprint density at radius 3 is 2.35 bits per heavy atom. The number of nitrogens with one attached hydrogen (secondary N) is 1. The third-order valence-electron chi connectivity index (χ3n) is 6.22. The maximum Gasteiger partial charge on any atom is 0.261 e. The molecule has 0 unspecified atom stereocenters. The molecule has 1 aliphatic rings. The van der Waals surface area contributed by atoms with Gasteiger partial charge in [0.1, 0.15) is 11.8 Å². The van der Waals surface area contributed by atoms with E-state index in [9.17, 15) is 9.59 Å². The Hall–Kier alpha value is -1.95. The molecule has 0 spiro atoms. The van der Waals surface area contributed by atoms with E-state index in [2.05, 4.69) is 5.32 Å². The van der Waals surface area contributed by atoms with Crippen LogP contribution in [0.25, 0.3) is 0 Å². The predicted octanol–water partition coefficient (Wildman–Crippen LogP) is 6.59. The van der Waals surface area contributed by atoms with Gasteiger partial charge in [0.05, 0.1) is 0 Å². The average Bonchev–Trinajstić information content (AvgIpc) is 2.82. The van der Waals surface area contributed by atoms with Crippen molar-refractivity contribution in [2.45, 2.75) is 71.0 Å². The van der Waals surface area contributed by atoms with Crippen LogP contribution in [-0.2, 0) is 16.1 Å². The van der Waals surface area contributed by atoms with Gasteiger partial charge in [-0.2, -0.15) is 0 Å². The molecule has 0 aliphatic heterocycles. The minimum absolute atomic E-state index is 0.108. The summed E-state index contributed by atoms with van der Waals surface area (Å²) >= 11 is 18.9. The lowest BCUT2D eigenvalue weighted by molar-refractivity contribution is -0.143. The Balaban J connectivity index is 1.81. The average molecular weight is 526 g/mol. The fraction of sp³-hybridized carbons (Fsp3) is 0.462. The van der Waals surface area contributed by atoms with Crippen LogP contribution in [0.4, 0.5) is 0 Å². The van der Waals surface area contributed by atoms with Crippen LogP contribution in [0.1, 0.15) is 56.6 Å². The van der Waals surface area contributed by atoms with Gasteiger partial charge in [-0.3, -0.25) is 9.59 Å². The summed E-state index contributed by atoms with van der Waals surface area (Å²) in [6.07, 6.45) is 5.78. The minimum Gasteiger partial charge on any atom is -0.484 e. The Labute approximate surface area is 216 Å². The number of carbonyl (C=O) groups is 2. The third kappa shape index (κ3) is 7.03. The molecule has 3 rings (SSSR count). The van der Waals surface area contributed by atoms with Crippen LogP contribution >= 0.6 is 34.8 Å². The molecule has 184 valence electrons. The zero-order valence-corrected chi connectivity index (χ0v) is 21.8. The number of hydrogen-bond acceptors (Lipinski definition) is 3. The standard InChI is InChI=1S/C26H31Cl3N2O3/c1-3-24(26(33)30-18-8-5-4-6-9-18)31(15-20-22(28)10-7-11-23(20)29)25(32)16-34-19-12-13-21(27)17(2)14-19/h7,10-14,18,24H,3-6,8-9,15-16H2,1-2H3,(H,30,33)/t24-/m0/s1. The lowest BCUT2D eigenvalue weighted by Gasteiger charge is -2.33. The molecule has 1 atom stereocenters. The van der Waals surface area contributed by atoms with E-state index < -0.39 is 6.04 Å². The van der Waals surface area contributed by atoms with E-state index in [1.165, 1.54) is 11.3 Å². The molecule has 1 saturated carbocycles. The molecule has 2 amide bonds. The Morgan fingerprint density at radius 1 is 1.06 bits per heavy atom. The van der Waals surface area contributed by atoms with Crippen molar-refractivity contribution in [1.82, 2.24) is 10.2 Å². The maximum atomic E-state index is 13.4. The molecule has 5 nitrogen and oxygen atoms in total. The van der Waals surface area contributed by atoms with Crippen molar-refractivity contribution in [3.05, 3.63) is 62.6 Å². The van der Waals surface area contributed by atoms with Gasteiger partial charge in [-0.15, -0.1) is 0 Å². The zero-order valence-electron chi connectivity index (χ0n) is 19.6. The molecule has 0 bridgehead atoms. The zero-order chi connectivity index (χ0) is 24.7. The number of rotatable bonds is 9. The quantitative estimate of drug-likeness (QED) is 0.402. The highest BCUT2D eigenvalue weighted by Crippen LogP contribution is 2.28. The number of halogens is 3. The van der Waals surface area contributed by atoms with Crippen LogP contribution in [0.5, 0.6) is 5.75 Å². The molecule has 1 N–H and O–H groups in total. The largest absolute Gasteiger partial charge is 0.484 e. The van der Waals surface area contributed by atoms with Crippen LogP contribution in [0.3, 0.4) is 0 Å². The number of amides is 2. The van der Waals surface area contributed by atoms with Crippen molar-refractivity contribution < 1.29 is 14.3 Å². The second kappa shape index (κ2) is 12.7. The second-order valence-electron chi connectivity index (χ2n) is 8.69. The van der Waals surface area contributed by atoms with Crippen molar-refractivity contribution in [2.24, 2.45) is 0 Å². The van der Waals surface area contributed by atoms with Crippen LogP contribution in [-0.4, -0.2) is 35.4 Å². The smallest absolute Gasteiger partial charge is 0.261 e. The van der Waals surface area contributed by atoms with Gasteiger partial charge < -0.3 is 15.0 Å². The molecule has 1 aliphatic carbocycles. The molecular weight excluding hydrogens is 495 g/mol. The highest BCUT2D eigenvalue weighted by Gasteiger charge is 2.31. The first-order chi connectivity index (χ1) is 16.3. The van der Waals surface area contributed by atoms with Crippen molar-refractivity contribution in [3.8, 4) is 5.75 Å². The number of benzene rings is 2. The number of ether oxygens (including phenoxy) is 1. The Bertz CT molecular complexity index is 989. The monoisotopic (exact) mass is 524 g/mol. The number of hydrogen-bond donors (Lipinski definition) is 1. The number of carbonyl (C=O) groups excluding carboxylic acids is 2. The molecule has 1 fully saturated rings. The van der Waals surface area contributed by atoms with Crippen LogP contribution < -0.4 is 10.1 Å². The summed E-state index contributed by atoms with van der Waals surface area (Å²) in [7, 11) is 0. The maximum absolute atomic E-state index is 13.4. The van der Waals surface area contributed by atoms with Crippen molar-refractivity contribution in [1.29, 1.82) is 0 Å². The van der Waals surface area contributed by atoms with Crippen LogP contribution in [0.2, 0.25) is 15.1 Å². The fourth-order valence-electron chi connectivity index (χ4n) is 4.25. The van der Waals surface area contributed by atoms with E-state index >= 15 is 0 Å². The second-order valence-corrected chi connectivity index (χ2v) is 9.91. The van der Waals surface area contributed by atoms with Gasteiger partial charge in [0, 0.05) is 33.2 Å². The Kier molecular flexibility index (Phi) is 9.93. The molecule has 2 aromatic rings. The molecule has 0 heterocycles. The van der Waals surface area contributed by atoms with Gasteiger partial charge in [-0.25, -0.2) is 0 Å². The lowest BCUT2D eigenvalue weighted by Crippen LogP contribution is -2.52. The summed E-state index contributed by atoms with van der Waals surface area (Å²) in [4.78, 5) is 28.2. The predicted molar refractivity (Wildman–Crippen MR) is 138 cm³/mol. The van der Waals surface area contributed by atoms with Crippen LogP contribution in [0.15, 0.2) is 36.4 Å². The topological polar surface area (TPSA) is 58.6 Å². The first-order valence-corrected chi connectivity index (χ1v) is 12.8. The Morgan fingerprint density at radius 2 is 1.74 bits per heavy atom. The van der Waals surface area contributed by atoms with Gasteiger partial charge in [0.2, 0.25) is 5.91 Å². The molecule has 0 aromatic heterocycles. The summed E-state index contributed by atoms with van der Waals surface area (Å²) in [6, 6.07) is 9.89. The third-order valence-corrected chi connectivity index (χ3v) is 7.35. The van der Waals surface area contributed by atoms with E-state index in [-0.39, 0.29) is 31.0 Å². The highest BCUT2D eigenvalue weighted by atomic mass is 35.5. The van der Waals surface area contributed by atoms with Gasteiger partial charge in [-0.05, 0) is 62.1 Å². The molecule has 2 aromatic carbocycles. The first kappa shape index (κ1) is 26.7. The van der Waals surface area contributed by atoms with Gasteiger partial charge in [-0.1, -0.05) is 67.1 Å². The van der Waals surface area contributed by atoms with Gasteiger partial charge in [0.25, 0.3) is 5.91 Å². The summed E-state index contributed by atoms with van der Waals surface area (Å²) in [5.74, 6) is 0.0492. The van der Waals surface area contributed by atoms with Crippen LogP contribution in [0, 0.1) is 6.92 Å². The number of nitrogens with zero attached hydrogens (tertiary/aromatic N) is 1. The lowest BCUT2D eigenvalue weighted by atomic mass is 9.95. The molecule has 0 radical (unpaired) electrons. The highest BCUT2D eigenvalue weighted by molar-refractivity contribution is 6.36. The minimum atomic E-state index is -0.669. The summed E-state index contributed by atoms with van der Waals surface area (Å²) in [5.41, 5.74) is 1.45. The molecule has 8 heteroatoms. The van der Waals surface area contributed by atoms with Crippen molar-refractivity contribution in [3.63, 3.8) is 0 Å². The molecule has 0 saturated heterocycles. The molecule has 34 heavy (non-hydrogen) atoms. The summed E-state index contributed by atoms with van der Waals surface area (Å²) in [6.45, 7) is 3.64.